The maximum Gasteiger partial charge on any atom is 0.249 e. The van der Waals surface area contributed by atoms with E-state index in [0.29, 0.717) is 17.1 Å². The molecule has 3 amide bonds. The van der Waals surface area contributed by atoms with Gasteiger partial charge in [0, 0.05) is 5.69 Å². The van der Waals surface area contributed by atoms with Crippen LogP contribution in [0, 0.1) is 11.8 Å². The zero-order valence-electron chi connectivity index (χ0n) is 18.9. The molecule has 0 aromatic heterocycles. The van der Waals surface area contributed by atoms with E-state index in [0.717, 1.165) is 11.1 Å². The van der Waals surface area contributed by atoms with Crippen molar-refractivity contribution in [2.75, 3.05) is 17.3 Å². The van der Waals surface area contributed by atoms with Gasteiger partial charge in [-0.1, -0.05) is 54.6 Å². The van der Waals surface area contributed by atoms with Crippen LogP contribution in [0.3, 0.4) is 0 Å². The van der Waals surface area contributed by atoms with Crippen molar-refractivity contribution < 1.29 is 19.1 Å². The Morgan fingerprint density at radius 3 is 2.37 bits per heavy atom. The third kappa shape index (κ3) is 3.13. The van der Waals surface area contributed by atoms with Crippen LogP contribution in [0.2, 0.25) is 0 Å². The van der Waals surface area contributed by atoms with Crippen molar-refractivity contribution in [2.45, 2.75) is 12.1 Å². The van der Waals surface area contributed by atoms with Gasteiger partial charge in [-0.15, -0.1) is 0 Å². The number of rotatable bonds is 4. The number of hydrogen-bond donors (Lipinski definition) is 1. The number of ether oxygens (including phenoxy) is 1. The molecule has 0 unspecified atom stereocenters. The summed E-state index contributed by atoms with van der Waals surface area (Å²) in [5.41, 5.74) is 2.72. The van der Waals surface area contributed by atoms with Gasteiger partial charge in [0.05, 0.1) is 36.9 Å². The molecule has 0 saturated carbocycles. The van der Waals surface area contributed by atoms with Crippen LogP contribution in [-0.2, 0) is 14.4 Å². The lowest BCUT2D eigenvalue weighted by molar-refractivity contribution is -0.129. The molecule has 8 nitrogen and oxygen atoms in total. The summed E-state index contributed by atoms with van der Waals surface area (Å²) in [6, 6.07) is 22.1. The molecule has 0 aliphatic carbocycles. The molecule has 8 heteroatoms. The molecule has 4 atom stereocenters. The molecule has 2 fully saturated rings. The third-order valence-corrected chi connectivity index (χ3v) is 6.93. The number of nitrogens with one attached hydrogen (secondary N) is 1. The summed E-state index contributed by atoms with van der Waals surface area (Å²) in [5, 5.41) is 9.09. The molecule has 174 valence electrons. The van der Waals surface area contributed by atoms with E-state index in [1.807, 2.05) is 42.5 Å². The summed E-state index contributed by atoms with van der Waals surface area (Å²) in [5.74, 6) is -2.42. The Morgan fingerprint density at radius 1 is 0.886 bits per heavy atom. The number of hydrogen-bond acceptors (Lipinski definition) is 6. The number of carbonyl (C=O) groups excluding carboxylic acids is 3. The molecule has 2 saturated heterocycles. The van der Waals surface area contributed by atoms with Crippen molar-refractivity contribution in [3.05, 3.63) is 90.0 Å². The van der Waals surface area contributed by atoms with Gasteiger partial charge in [-0.25, -0.2) is 4.90 Å². The summed E-state index contributed by atoms with van der Waals surface area (Å²) in [4.78, 5) is 42.6. The van der Waals surface area contributed by atoms with E-state index in [9.17, 15) is 14.4 Å². The number of carbonyl (C=O) groups is 3. The Labute approximate surface area is 201 Å². The van der Waals surface area contributed by atoms with E-state index in [-0.39, 0.29) is 11.8 Å². The molecule has 0 spiro atoms. The second-order valence-corrected chi connectivity index (χ2v) is 8.73. The molecule has 35 heavy (non-hydrogen) atoms. The molecule has 3 aromatic rings. The van der Waals surface area contributed by atoms with E-state index in [2.05, 4.69) is 10.4 Å². The van der Waals surface area contributed by atoms with Gasteiger partial charge >= 0.3 is 0 Å². The van der Waals surface area contributed by atoms with Crippen LogP contribution in [-0.4, -0.2) is 42.1 Å². The number of methoxy groups -OCH3 is 1. The average Bonchev–Trinajstić information content (AvgIpc) is 3.37. The molecule has 0 bridgehead atoms. The quantitative estimate of drug-likeness (QED) is 0.597. The Hall–Kier alpha value is -4.46. The lowest BCUT2D eigenvalue weighted by Crippen LogP contribution is -2.46. The number of nitrogens with zero attached hydrogens (tertiary/aromatic N) is 3. The number of imide groups is 1. The first-order valence-electron chi connectivity index (χ1n) is 11.4. The predicted molar refractivity (Wildman–Crippen MR) is 130 cm³/mol. The van der Waals surface area contributed by atoms with Crippen LogP contribution in [0.1, 0.15) is 17.2 Å². The van der Waals surface area contributed by atoms with E-state index >= 15 is 0 Å². The largest absolute Gasteiger partial charge is 0.495 e. The molecular formula is C27H22N4O4. The van der Waals surface area contributed by atoms with Gasteiger partial charge in [0.2, 0.25) is 17.7 Å². The zero-order chi connectivity index (χ0) is 24.1. The number of anilines is 2. The summed E-state index contributed by atoms with van der Waals surface area (Å²) in [6.07, 6.45) is 1.68. The van der Waals surface area contributed by atoms with Crippen LogP contribution in [0.4, 0.5) is 11.4 Å². The second kappa shape index (κ2) is 8.09. The molecule has 3 aliphatic heterocycles. The smallest absolute Gasteiger partial charge is 0.249 e. The topological polar surface area (TPSA) is 91.3 Å². The van der Waals surface area contributed by atoms with Gasteiger partial charge in [-0.2, -0.15) is 5.10 Å². The minimum atomic E-state index is -0.953. The first-order valence-corrected chi connectivity index (χ1v) is 11.4. The van der Waals surface area contributed by atoms with E-state index < -0.39 is 29.8 Å². The molecule has 3 heterocycles. The number of fused-ring (bicyclic) bond motifs is 5. The van der Waals surface area contributed by atoms with Crippen molar-refractivity contribution in [3.8, 4) is 5.75 Å². The van der Waals surface area contributed by atoms with Crippen molar-refractivity contribution in [1.82, 2.24) is 5.01 Å². The summed E-state index contributed by atoms with van der Waals surface area (Å²) >= 11 is 0. The average molecular weight is 466 g/mol. The maximum absolute atomic E-state index is 13.9. The normalized spacial score (nSPS) is 24.1. The maximum atomic E-state index is 13.9. The highest BCUT2D eigenvalue weighted by Gasteiger charge is 2.65. The van der Waals surface area contributed by atoms with Gasteiger partial charge in [0.1, 0.15) is 11.8 Å². The fourth-order valence-electron chi connectivity index (χ4n) is 5.46. The number of benzene rings is 3. The Balaban J connectivity index is 1.46. The molecule has 3 aliphatic rings. The predicted octanol–water partition coefficient (Wildman–Crippen LogP) is 3.21. The number of amides is 3. The van der Waals surface area contributed by atoms with Crippen LogP contribution >= 0.6 is 0 Å². The van der Waals surface area contributed by atoms with Gasteiger partial charge in [-0.3, -0.25) is 19.4 Å². The monoisotopic (exact) mass is 466 g/mol. The summed E-state index contributed by atoms with van der Waals surface area (Å²) in [7, 11) is 1.49. The van der Waals surface area contributed by atoms with Crippen LogP contribution < -0.4 is 15.0 Å². The first-order chi connectivity index (χ1) is 17.1. The lowest BCUT2D eigenvalue weighted by Gasteiger charge is -2.33. The van der Waals surface area contributed by atoms with Crippen LogP contribution in [0.25, 0.3) is 0 Å². The van der Waals surface area contributed by atoms with Crippen molar-refractivity contribution >= 4 is 35.3 Å². The minimum Gasteiger partial charge on any atom is -0.495 e. The molecule has 1 N–H and O–H groups in total. The lowest BCUT2D eigenvalue weighted by atomic mass is 9.85. The highest BCUT2D eigenvalue weighted by atomic mass is 16.5. The van der Waals surface area contributed by atoms with E-state index in [1.165, 1.54) is 12.0 Å². The SMILES string of the molecule is COc1ccccc1N1C(=O)[C@@H]2[C@H](C1=O)[C@H]1c3ccccc3C=NN1[C@@H]2C(=O)Nc1ccccc1. The van der Waals surface area contributed by atoms with Crippen molar-refractivity contribution in [1.29, 1.82) is 0 Å². The van der Waals surface area contributed by atoms with E-state index in [4.69, 9.17) is 4.74 Å². The Morgan fingerprint density at radius 2 is 1.57 bits per heavy atom. The standard InChI is InChI=1S/C27H22N4O4/c1-35-20-14-8-7-13-19(20)30-26(33)21-22(27(30)34)24(25(32)29-17-10-3-2-4-11-17)31-23(21)18-12-6-5-9-16(18)15-28-31/h2-15,21-24H,1H3,(H,29,32)/t21-,22+,23+,24-/m0/s1. The molecule has 6 rings (SSSR count). The zero-order valence-corrected chi connectivity index (χ0v) is 18.9. The highest BCUT2D eigenvalue weighted by molar-refractivity contribution is 6.25. The third-order valence-electron chi connectivity index (χ3n) is 6.93. The van der Waals surface area contributed by atoms with Gasteiger partial charge in [0.25, 0.3) is 0 Å². The summed E-state index contributed by atoms with van der Waals surface area (Å²) in [6.45, 7) is 0. The number of para-hydroxylation sites is 3. The Kier molecular flexibility index (Phi) is 4.88. The second-order valence-electron chi connectivity index (χ2n) is 8.73. The molecule has 0 radical (unpaired) electrons. The van der Waals surface area contributed by atoms with Crippen molar-refractivity contribution in [3.63, 3.8) is 0 Å². The fraction of sp³-hybridized carbons (Fsp3) is 0.185. The molecular weight excluding hydrogens is 444 g/mol. The highest BCUT2D eigenvalue weighted by Crippen LogP contribution is 2.53. The van der Waals surface area contributed by atoms with Crippen molar-refractivity contribution in [2.24, 2.45) is 16.9 Å². The van der Waals surface area contributed by atoms with Crippen LogP contribution in [0.5, 0.6) is 5.75 Å². The minimum absolute atomic E-state index is 0.360. The number of hydrazone groups is 1. The fourth-order valence-corrected chi connectivity index (χ4v) is 5.46. The Bertz CT molecular complexity index is 1370. The van der Waals surface area contributed by atoms with Gasteiger partial charge in [-0.05, 0) is 35.4 Å². The summed E-state index contributed by atoms with van der Waals surface area (Å²) < 4.78 is 5.43. The van der Waals surface area contributed by atoms with Gasteiger partial charge < -0.3 is 10.1 Å². The van der Waals surface area contributed by atoms with Crippen LogP contribution in [0.15, 0.2) is 84.0 Å². The first kappa shape index (κ1) is 21.1. The molecule has 3 aromatic carbocycles. The van der Waals surface area contributed by atoms with E-state index in [1.54, 1.807) is 47.6 Å². The van der Waals surface area contributed by atoms with Gasteiger partial charge in [0.15, 0.2) is 0 Å².